The fourth-order valence-corrected chi connectivity index (χ4v) is 2.89. The minimum Gasteiger partial charge on any atom is -0.507 e. The number of hydrogen-bond acceptors (Lipinski definition) is 9. The van der Waals surface area contributed by atoms with Gasteiger partial charge in [0, 0.05) is 10.6 Å². The van der Waals surface area contributed by atoms with Crippen molar-refractivity contribution in [2.45, 2.75) is 6.92 Å². The van der Waals surface area contributed by atoms with E-state index in [1.54, 1.807) is 6.92 Å². The molecule has 2 rings (SSSR count). The second kappa shape index (κ2) is 8.83. The maximum atomic E-state index is 13.2. The van der Waals surface area contributed by atoms with Gasteiger partial charge in [-0.1, -0.05) is 11.6 Å². The normalized spacial score (nSPS) is 10.3. The van der Waals surface area contributed by atoms with E-state index in [9.17, 15) is 29.4 Å². The van der Waals surface area contributed by atoms with E-state index in [2.05, 4.69) is 14.2 Å². The zero-order valence-electron chi connectivity index (χ0n) is 16.4. The van der Waals surface area contributed by atoms with Crippen molar-refractivity contribution in [1.29, 1.82) is 0 Å². The number of ether oxygens (including phenoxy) is 3. The van der Waals surface area contributed by atoms with Gasteiger partial charge >= 0.3 is 17.9 Å². The van der Waals surface area contributed by atoms with Crippen molar-refractivity contribution in [3.05, 3.63) is 56.6 Å². The van der Waals surface area contributed by atoms with E-state index in [-0.39, 0.29) is 10.6 Å². The Morgan fingerprint density at radius 1 is 0.767 bits per heavy atom. The molecule has 10 heteroatoms. The summed E-state index contributed by atoms with van der Waals surface area (Å²) in [5.41, 5.74) is -2.35. The van der Waals surface area contributed by atoms with Crippen LogP contribution in [0.15, 0.2) is 18.2 Å². The topological polar surface area (TPSA) is 136 Å². The van der Waals surface area contributed by atoms with Crippen molar-refractivity contribution in [3.8, 4) is 11.5 Å². The second-order valence-corrected chi connectivity index (χ2v) is 6.40. The number of halogens is 1. The quantitative estimate of drug-likeness (QED) is 0.411. The van der Waals surface area contributed by atoms with Crippen molar-refractivity contribution in [1.82, 2.24) is 0 Å². The first kappa shape index (κ1) is 22.7. The van der Waals surface area contributed by atoms with E-state index in [0.717, 1.165) is 33.5 Å². The van der Waals surface area contributed by atoms with Gasteiger partial charge in [-0.05, 0) is 30.7 Å². The molecule has 0 unspecified atom stereocenters. The molecule has 158 valence electrons. The average Bonchev–Trinajstić information content (AvgIpc) is 2.73. The Bertz CT molecular complexity index is 1070. The lowest BCUT2D eigenvalue weighted by Crippen LogP contribution is -2.20. The summed E-state index contributed by atoms with van der Waals surface area (Å²) < 4.78 is 13.8. The van der Waals surface area contributed by atoms with Gasteiger partial charge in [0.15, 0.2) is 5.78 Å². The van der Waals surface area contributed by atoms with Gasteiger partial charge in [0.05, 0.1) is 32.5 Å². The maximum absolute atomic E-state index is 13.2. The van der Waals surface area contributed by atoms with Crippen molar-refractivity contribution in [2.75, 3.05) is 21.3 Å². The molecule has 2 N–H and O–H groups in total. The number of hydrogen-bond donors (Lipinski definition) is 2. The van der Waals surface area contributed by atoms with E-state index in [4.69, 9.17) is 11.6 Å². The third-order valence-corrected chi connectivity index (χ3v) is 4.66. The fraction of sp³-hybridized carbons (Fsp3) is 0.200. The molecule has 0 heterocycles. The standard InChI is InChI=1S/C20H17ClO9/c1-8-5-13(22)9(7-12(8)21)16(23)10-6-11(18(25)28-2)17(24)15(20(27)30-4)14(10)19(26)29-3/h5-7,22,24H,1-4H3. The smallest absolute Gasteiger partial charge is 0.342 e. The first-order valence-electron chi connectivity index (χ1n) is 8.27. The number of phenols is 2. The van der Waals surface area contributed by atoms with Crippen LogP contribution < -0.4 is 0 Å². The average molecular weight is 437 g/mol. The molecule has 0 atom stereocenters. The predicted molar refractivity (Wildman–Crippen MR) is 103 cm³/mol. The van der Waals surface area contributed by atoms with Crippen molar-refractivity contribution >= 4 is 35.3 Å². The van der Waals surface area contributed by atoms with Crippen molar-refractivity contribution in [2.24, 2.45) is 0 Å². The molecule has 0 saturated heterocycles. The monoisotopic (exact) mass is 436 g/mol. The third-order valence-electron chi connectivity index (χ3n) is 4.25. The summed E-state index contributed by atoms with van der Waals surface area (Å²) in [7, 11) is 2.98. The van der Waals surface area contributed by atoms with Gasteiger partial charge in [-0.25, -0.2) is 14.4 Å². The van der Waals surface area contributed by atoms with Crippen LogP contribution in [0.4, 0.5) is 0 Å². The number of carbonyl (C=O) groups excluding carboxylic acids is 4. The largest absolute Gasteiger partial charge is 0.507 e. The van der Waals surface area contributed by atoms with Gasteiger partial charge in [0.2, 0.25) is 0 Å². The summed E-state index contributed by atoms with van der Waals surface area (Å²) in [5.74, 6) is -5.82. The van der Waals surface area contributed by atoms with Crippen LogP contribution >= 0.6 is 11.6 Å². The molecule has 30 heavy (non-hydrogen) atoms. The lowest BCUT2D eigenvalue weighted by Gasteiger charge is -2.16. The Morgan fingerprint density at radius 2 is 1.30 bits per heavy atom. The van der Waals surface area contributed by atoms with Gasteiger partial charge < -0.3 is 24.4 Å². The van der Waals surface area contributed by atoms with E-state index in [1.807, 2.05) is 0 Å². The van der Waals surface area contributed by atoms with Gasteiger partial charge in [0.25, 0.3) is 0 Å². The number of esters is 3. The van der Waals surface area contributed by atoms with E-state index in [1.165, 1.54) is 6.07 Å². The summed E-state index contributed by atoms with van der Waals surface area (Å²) in [6, 6.07) is 3.25. The molecule has 2 aromatic carbocycles. The van der Waals surface area contributed by atoms with Gasteiger partial charge in [-0.3, -0.25) is 4.79 Å². The first-order chi connectivity index (χ1) is 14.1. The highest BCUT2D eigenvalue weighted by Gasteiger charge is 2.34. The number of rotatable bonds is 5. The van der Waals surface area contributed by atoms with Crippen LogP contribution in [-0.4, -0.2) is 55.2 Å². The SMILES string of the molecule is COC(=O)c1cc(C(=O)c2cc(Cl)c(C)cc2O)c(C(=O)OC)c(C(=O)OC)c1O. The Morgan fingerprint density at radius 3 is 1.83 bits per heavy atom. The minimum absolute atomic E-state index is 0.149. The summed E-state index contributed by atoms with van der Waals surface area (Å²) in [6.07, 6.45) is 0. The predicted octanol–water partition coefficient (Wildman–Crippen LogP) is 2.65. The lowest BCUT2D eigenvalue weighted by atomic mass is 9.90. The van der Waals surface area contributed by atoms with Crippen molar-refractivity contribution < 1.29 is 43.6 Å². The van der Waals surface area contributed by atoms with E-state index in [0.29, 0.717) is 5.56 Å². The summed E-state index contributed by atoms with van der Waals surface area (Å²) >= 11 is 6.04. The Hall–Kier alpha value is -3.59. The molecule has 9 nitrogen and oxygen atoms in total. The molecule has 0 spiro atoms. The van der Waals surface area contributed by atoms with Gasteiger partial charge in [-0.2, -0.15) is 0 Å². The number of carbonyl (C=O) groups is 4. The second-order valence-electron chi connectivity index (χ2n) is 5.99. The molecule has 0 saturated carbocycles. The molecular formula is C20H17ClO9. The van der Waals surface area contributed by atoms with E-state index >= 15 is 0 Å². The van der Waals surface area contributed by atoms with Crippen molar-refractivity contribution in [3.63, 3.8) is 0 Å². The molecule has 0 bridgehead atoms. The Kier molecular flexibility index (Phi) is 6.68. The first-order valence-corrected chi connectivity index (χ1v) is 8.65. The molecule has 0 fully saturated rings. The number of phenolic OH excluding ortho intramolecular Hbond substituents is 2. The molecule has 0 amide bonds. The molecule has 0 aliphatic rings. The van der Waals surface area contributed by atoms with Crippen LogP contribution in [0.5, 0.6) is 11.5 Å². The summed E-state index contributed by atoms with van der Waals surface area (Å²) in [4.78, 5) is 50.0. The Balaban J connectivity index is 2.97. The van der Waals surface area contributed by atoms with Crippen LogP contribution in [0.25, 0.3) is 0 Å². The summed E-state index contributed by atoms with van der Waals surface area (Å²) in [5, 5.41) is 20.8. The van der Waals surface area contributed by atoms with Crippen LogP contribution in [-0.2, 0) is 14.2 Å². The van der Waals surface area contributed by atoms with Crippen LogP contribution in [0.2, 0.25) is 5.02 Å². The molecule has 0 aromatic heterocycles. The van der Waals surface area contributed by atoms with E-state index < -0.39 is 57.4 Å². The number of ketones is 1. The van der Waals surface area contributed by atoms with Crippen LogP contribution in [0, 0.1) is 6.92 Å². The fourth-order valence-electron chi connectivity index (χ4n) is 2.73. The van der Waals surface area contributed by atoms with Gasteiger partial charge in [0.1, 0.15) is 22.6 Å². The maximum Gasteiger partial charge on any atom is 0.342 e. The molecule has 0 aliphatic carbocycles. The number of benzene rings is 2. The van der Waals surface area contributed by atoms with Gasteiger partial charge in [-0.15, -0.1) is 0 Å². The molecule has 0 aliphatic heterocycles. The van der Waals surface area contributed by atoms with Crippen LogP contribution in [0.3, 0.4) is 0 Å². The number of methoxy groups -OCH3 is 3. The highest BCUT2D eigenvalue weighted by atomic mass is 35.5. The minimum atomic E-state index is -1.21. The highest BCUT2D eigenvalue weighted by Crippen LogP contribution is 2.35. The number of aromatic hydroxyl groups is 2. The lowest BCUT2D eigenvalue weighted by molar-refractivity contribution is 0.0546. The third kappa shape index (κ3) is 3.92. The zero-order valence-corrected chi connectivity index (χ0v) is 17.1. The molecule has 2 aromatic rings. The zero-order chi connectivity index (χ0) is 22.7. The Labute approximate surface area is 175 Å². The molecule has 0 radical (unpaired) electrons. The van der Waals surface area contributed by atoms with Crippen LogP contribution in [0.1, 0.15) is 52.6 Å². The number of aryl methyl sites for hydroxylation is 1. The highest BCUT2D eigenvalue weighted by molar-refractivity contribution is 6.32. The molecular weight excluding hydrogens is 420 g/mol. The summed E-state index contributed by atoms with van der Waals surface area (Å²) in [6.45, 7) is 1.60.